The van der Waals surface area contributed by atoms with E-state index in [4.69, 9.17) is 11.5 Å². The molecule has 5 N–H and O–H groups in total. The van der Waals surface area contributed by atoms with Crippen LogP contribution in [0.5, 0.6) is 0 Å². The molecule has 1 rings (SSSR count). The number of aromatic nitrogens is 1. The Kier molecular flexibility index (Phi) is 2.70. The highest BCUT2D eigenvalue weighted by Crippen LogP contribution is 2.40. The highest BCUT2D eigenvalue weighted by Gasteiger charge is 2.55. The van der Waals surface area contributed by atoms with Gasteiger partial charge in [0.05, 0.1) is 4.88 Å². The summed E-state index contributed by atoms with van der Waals surface area (Å²) in [4.78, 5) is 3.03. The van der Waals surface area contributed by atoms with Gasteiger partial charge in [0.1, 0.15) is 0 Å². The molecule has 1 atom stereocenters. The topological polar surface area (TPSA) is 85.2 Å². The molecule has 0 spiro atoms. The number of anilines is 1. The number of hydrogen-bond acceptors (Lipinski definition) is 5. The van der Waals surface area contributed by atoms with Crippen molar-refractivity contribution in [2.45, 2.75) is 11.8 Å². The number of alkyl halides is 3. The van der Waals surface area contributed by atoms with E-state index >= 15 is 0 Å². The van der Waals surface area contributed by atoms with Crippen molar-refractivity contribution in [3.8, 4) is 0 Å². The van der Waals surface area contributed by atoms with Crippen LogP contribution in [-0.4, -0.2) is 22.8 Å². The molecule has 0 aliphatic carbocycles. The molecule has 1 heterocycles. The second-order valence-corrected chi connectivity index (χ2v) is 3.69. The molecular formula is C6H8F3N3OS. The van der Waals surface area contributed by atoms with Crippen molar-refractivity contribution in [3.05, 3.63) is 11.1 Å². The maximum Gasteiger partial charge on any atom is 0.423 e. The summed E-state index contributed by atoms with van der Waals surface area (Å²) < 4.78 is 37.2. The third-order valence-corrected chi connectivity index (χ3v) is 2.67. The second-order valence-electron chi connectivity index (χ2n) is 2.62. The van der Waals surface area contributed by atoms with E-state index in [1.807, 2.05) is 0 Å². The van der Waals surface area contributed by atoms with Gasteiger partial charge in [-0.1, -0.05) is 11.3 Å². The summed E-state index contributed by atoms with van der Waals surface area (Å²) >= 11 is 0.563. The summed E-state index contributed by atoms with van der Waals surface area (Å²) in [5, 5.41) is 9.26. The lowest BCUT2D eigenvalue weighted by Crippen LogP contribution is -2.47. The quantitative estimate of drug-likeness (QED) is 0.684. The Bertz CT molecular complexity index is 326. The Labute approximate surface area is 81.4 Å². The van der Waals surface area contributed by atoms with Gasteiger partial charge in [-0.15, -0.1) is 0 Å². The molecule has 0 radical (unpaired) electrons. The van der Waals surface area contributed by atoms with Gasteiger partial charge in [-0.25, -0.2) is 4.98 Å². The molecule has 0 amide bonds. The van der Waals surface area contributed by atoms with Gasteiger partial charge in [-0.3, -0.25) is 0 Å². The van der Waals surface area contributed by atoms with E-state index in [2.05, 4.69) is 4.98 Å². The van der Waals surface area contributed by atoms with Gasteiger partial charge in [-0.05, 0) is 0 Å². The minimum absolute atomic E-state index is 0.0453. The van der Waals surface area contributed by atoms with E-state index < -0.39 is 23.2 Å². The third kappa shape index (κ3) is 1.68. The summed E-state index contributed by atoms with van der Waals surface area (Å²) in [6, 6.07) is 0. The van der Waals surface area contributed by atoms with E-state index in [-0.39, 0.29) is 5.13 Å². The van der Waals surface area contributed by atoms with Gasteiger partial charge in [0.2, 0.25) is 5.60 Å². The van der Waals surface area contributed by atoms with Crippen LogP contribution in [-0.2, 0) is 5.60 Å². The van der Waals surface area contributed by atoms with Gasteiger partial charge in [0, 0.05) is 12.7 Å². The number of nitrogens with zero attached hydrogens (tertiary/aromatic N) is 1. The normalized spacial score (nSPS) is 16.6. The van der Waals surface area contributed by atoms with Crippen molar-refractivity contribution in [1.29, 1.82) is 0 Å². The molecule has 0 aromatic carbocycles. The largest absolute Gasteiger partial charge is 0.423 e. The van der Waals surface area contributed by atoms with Gasteiger partial charge in [-0.2, -0.15) is 13.2 Å². The van der Waals surface area contributed by atoms with Crippen LogP contribution in [0.15, 0.2) is 6.20 Å². The lowest BCUT2D eigenvalue weighted by Gasteiger charge is -2.27. The van der Waals surface area contributed by atoms with Crippen LogP contribution < -0.4 is 11.5 Å². The van der Waals surface area contributed by atoms with E-state index in [9.17, 15) is 18.3 Å². The third-order valence-electron chi connectivity index (χ3n) is 1.70. The van der Waals surface area contributed by atoms with Crippen LogP contribution in [0, 0.1) is 0 Å². The number of rotatable bonds is 2. The Morgan fingerprint density at radius 3 is 2.36 bits per heavy atom. The second kappa shape index (κ2) is 3.37. The molecule has 0 saturated carbocycles. The zero-order chi connectivity index (χ0) is 11.0. The molecule has 0 aliphatic rings. The van der Waals surface area contributed by atoms with Crippen LogP contribution in [0.1, 0.15) is 4.88 Å². The molecule has 0 fully saturated rings. The first-order chi connectivity index (χ1) is 6.31. The zero-order valence-corrected chi connectivity index (χ0v) is 7.69. The molecule has 8 heteroatoms. The summed E-state index contributed by atoms with van der Waals surface area (Å²) in [5.41, 5.74) is 7.01. The monoisotopic (exact) mass is 227 g/mol. The van der Waals surface area contributed by atoms with Crippen LogP contribution >= 0.6 is 11.3 Å². The molecule has 80 valence electrons. The Morgan fingerprint density at radius 1 is 1.50 bits per heavy atom. The van der Waals surface area contributed by atoms with Crippen LogP contribution in [0.3, 0.4) is 0 Å². The molecule has 0 aliphatic heterocycles. The number of aliphatic hydroxyl groups is 1. The number of halogens is 3. The average molecular weight is 227 g/mol. The fourth-order valence-corrected chi connectivity index (χ4v) is 1.64. The first kappa shape index (κ1) is 11.2. The van der Waals surface area contributed by atoms with Crippen molar-refractivity contribution in [1.82, 2.24) is 4.98 Å². The zero-order valence-electron chi connectivity index (χ0n) is 6.88. The summed E-state index contributed by atoms with van der Waals surface area (Å²) in [7, 11) is 0. The maximum atomic E-state index is 12.4. The minimum Gasteiger partial charge on any atom is -0.375 e. The standard InChI is InChI=1S/C6H8F3N3OS/c7-6(8,9)5(13,2-10)3-1-12-4(11)14-3/h1,13H,2,10H2,(H2,11,12)/t5-/m1/s1. The van der Waals surface area contributed by atoms with E-state index in [1.54, 1.807) is 0 Å². The SMILES string of the molecule is NC[C@@](O)(c1cnc(N)s1)C(F)(F)F. The van der Waals surface area contributed by atoms with E-state index in [0.29, 0.717) is 11.3 Å². The average Bonchev–Trinajstić information content (AvgIpc) is 2.48. The maximum absolute atomic E-state index is 12.4. The first-order valence-electron chi connectivity index (χ1n) is 3.52. The Hall–Kier alpha value is -0.860. The van der Waals surface area contributed by atoms with Crippen molar-refractivity contribution in [2.75, 3.05) is 12.3 Å². The van der Waals surface area contributed by atoms with Gasteiger partial charge >= 0.3 is 6.18 Å². The number of nitrogen functional groups attached to an aromatic ring is 1. The summed E-state index contributed by atoms with van der Waals surface area (Å²) in [6.45, 7) is -0.960. The van der Waals surface area contributed by atoms with Gasteiger partial charge < -0.3 is 16.6 Å². The van der Waals surface area contributed by atoms with Gasteiger partial charge in [0.15, 0.2) is 5.13 Å². The predicted octanol–water partition coefficient (Wildman–Crippen LogP) is 0.434. The predicted molar refractivity (Wildman–Crippen MR) is 45.5 cm³/mol. The molecule has 1 aromatic heterocycles. The number of thiazole rings is 1. The van der Waals surface area contributed by atoms with Crippen LogP contribution in [0.2, 0.25) is 0 Å². The van der Waals surface area contributed by atoms with Crippen molar-refractivity contribution in [2.24, 2.45) is 5.73 Å². The molecular weight excluding hydrogens is 219 g/mol. The minimum atomic E-state index is -4.83. The first-order valence-corrected chi connectivity index (χ1v) is 4.34. The summed E-state index contributed by atoms with van der Waals surface area (Å²) in [6.07, 6.45) is -3.96. The molecule has 1 aromatic rings. The molecule has 0 bridgehead atoms. The van der Waals surface area contributed by atoms with E-state index in [1.165, 1.54) is 0 Å². The number of nitrogens with two attached hydrogens (primary N) is 2. The molecule has 0 unspecified atom stereocenters. The Balaban J connectivity index is 3.14. The lowest BCUT2D eigenvalue weighted by atomic mass is 10.0. The molecule has 0 saturated heterocycles. The lowest BCUT2D eigenvalue weighted by molar-refractivity contribution is -0.260. The fraction of sp³-hybridized carbons (Fsp3) is 0.500. The van der Waals surface area contributed by atoms with Crippen LogP contribution in [0.25, 0.3) is 0 Å². The van der Waals surface area contributed by atoms with E-state index in [0.717, 1.165) is 6.20 Å². The van der Waals surface area contributed by atoms with Crippen molar-refractivity contribution >= 4 is 16.5 Å². The fourth-order valence-electron chi connectivity index (χ4n) is 0.835. The molecule has 4 nitrogen and oxygen atoms in total. The highest BCUT2D eigenvalue weighted by atomic mass is 32.1. The highest BCUT2D eigenvalue weighted by molar-refractivity contribution is 7.15. The molecule has 14 heavy (non-hydrogen) atoms. The number of hydrogen-bond donors (Lipinski definition) is 3. The van der Waals surface area contributed by atoms with Crippen LogP contribution in [0.4, 0.5) is 18.3 Å². The van der Waals surface area contributed by atoms with Crippen molar-refractivity contribution < 1.29 is 18.3 Å². The smallest absolute Gasteiger partial charge is 0.375 e. The summed E-state index contributed by atoms with van der Waals surface area (Å²) in [5.74, 6) is 0. The van der Waals surface area contributed by atoms with Gasteiger partial charge in [0.25, 0.3) is 0 Å². The van der Waals surface area contributed by atoms with Crippen molar-refractivity contribution in [3.63, 3.8) is 0 Å². The Morgan fingerprint density at radius 2 is 2.07 bits per heavy atom.